The SMILES string of the molecule is CCCNC(=O)[C@@H](Cc1ccccc1)N(Cc1cccc(Cl)c1)C(=O)CN(c1ccc(Cl)cc1)S(=O)(=O)c1ccc(OC)c(OC)c1. The number of carbonyl (C=O) groups excluding carboxylic acids is 2. The molecule has 0 aliphatic rings. The Hall–Kier alpha value is -4.25. The monoisotopic (exact) mass is 697 g/mol. The molecule has 0 saturated heterocycles. The van der Waals surface area contributed by atoms with Crippen LogP contribution >= 0.6 is 23.2 Å². The molecule has 248 valence electrons. The maximum Gasteiger partial charge on any atom is 0.264 e. The van der Waals surface area contributed by atoms with Crippen molar-refractivity contribution in [3.8, 4) is 11.5 Å². The van der Waals surface area contributed by atoms with Crippen LogP contribution in [0.25, 0.3) is 0 Å². The summed E-state index contributed by atoms with van der Waals surface area (Å²) in [7, 11) is -1.52. The fourth-order valence-electron chi connectivity index (χ4n) is 4.99. The van der Waals surface area contributed by atoms with Crippen LogP contribution in [0.1, 0.15) is 24.5 Å². The van der Waals surface area contributed by atoms with Crippen LogP contribution in [-0.2, 0) is 32.6 Å². The van der Waals surface area contributed by atoms with E-state index in [1.165, 1.54) is 49.5 Å². The van der Waals surface area contributed by atoms with Crippen LogP contribution < -0.4 is 19.1 Å². The largest absolute Gasteiger partial charge is 0.493 e. The molecule has 0 saturated carbocycles. The molecule has 0 bridgehead atoms. The topological polar surface area (TPSA) is 105 Å². The van der Waals surface area contributed by atoms with E-state index in [0.29, 0.717) is 34.3 Å². The van der Waals surface area contributed by atoms with Gasteiger partial charge in [0.2, 0.25) is 11.8 Å². The number of rotatable bonds is 15. The zero-order chi connectivity index (χ0) is 34.0. The number of methoxy groups -OCH3 is 2. The Kier molecular flexibility index (Phi) is 12.5. The molecule has 0 aliphatic carbocycles. The number of hydrogen-bond acceptors (Lipinski definition) is 6. The zero-order valence-electron chi connectivity index (χ0n) is 26.4. The van der Waals surface area contributed by atoms with Crippen LogP contribution in [0.3, 0.4) is 0 Å². The lowest BCUT2D eigenvalue weighted by atomic mass is 10.0. The van der Waals surface area contributed by atoms with Crippen molar-refractivity contribution >= 4 is 50.7 Å². The van der Waals surface area contributed by atoms with Gasteiger partial charge in [0.15, 0.2) is 11.5 Å². The Morgan fingerprint density at radius 2 is 1.49 bits per heavy atom. The smallest absolute Gasteiger partial charge is 0.264 e. The second-order valence-electron chi connectivity index (χ2n) is 10.7. The first-order chi connectivity index (χ1) is 22.6. The summed E-state index contributed by atoms with van der Waals surface area (Å²) >= 11 is 12.4. The minimum absolute atomic E-state index is 0.00129. The number of sulfonamides is 1. The lowest BCUT2D eigenvalue weighted by molar-refractivity contribution is -0.140. The third kappa shape index (κ3) is 9.18. The van der Waals surface area contributed by atoms with E-state index in [0.717, 1.165) is 9.87 Å². The van der Waals surface area contributed by atoms with Gasteiger partial charge in [0.1, 0.15) is 12.6 Å². The molecule has 12 heteroatoms. The van der Waals surface area contributed by atoms with Gasteiger partial charge in [-0.15, -0.1) is 0 Å². The number of halogens is 2. The van der Waals surface area contributed by atoms with E-state index in [4.69, 9.17) is 32.7 Å². The predicted molar refractivity (Wildman–Crippen MR) is 185 cm³/mol. The molecule has 47 heavy (non-hydrogen) atoms. The molecule has 0 fully saturated rings. The van der Waals surface area contributed by atoms with Crippen molar-refractivity contribution in [3.05, 3.63) is 118 Å². The molecule has 4 rings (SSSR count). The molecule has 0 aliphatic heterocycles. The van der Waals surface area contributed by atoms with Crippen molar-refractivity contribution in [2.24, 2.45) is 0 Å². The van der Waals surface area contributed by atoms with Crippen molar-refractivity contribution in [1.29, 1.82) is 0 Å². The number of benzene rings is 4. The normalized spacial score (nSPS) is 11.8. The molecular weight excluding hydrogens is 661 g/mol. The van der Waals surface area contributed by atoms with Gasteiger partial charge in [0, 0.05) is 35.6 Å². The van der Waals surface area contributed by atoms with E-state index >= 15 is 0 Å². The molecule has 0 unspecified atom stereocenters. The average molecular weight is 699 g/mol. The van der Waals surface area contributed by atoms with E-state index in [1.807, 2.05) is 37.3 Å². The second kappa shape index (κ2) is 16.5. The number of nitrogens with one attached hydrogen (secondary N) is 1. The Labute approximate surface area is 286 Å². The highest BCUT2D eigenvalue weighted by molar-refractivity contribution is 7.92. The van der Waals surface area contributed by atoms with Gasteiger partial charge in [-0.05, 0) is 66.1 Å². The summed E-state index contributed by atoms with van der Waals surface area (Å²) in [6.07, 6.45) is 0.895. The van der Waals surface area contributed by atoms with Gasteiger partial charge in [0.25, 0.3) is 10.0 Å². The minimum atomic E-state index is -4.37. The summed E-state index contributed by atoms with van der Waals surface area (Å²) in [5.74, 6) is -0.410. The first-order valence-corrected chi connectivity index (χ1v) is 17.1. The molecule has 4 aromatic rings. The van der Waals surface area contributed by atoms with Gasteiger partial charge in [-0.25, -0.2) is 8.42 Å². The molecule has 9 nitrogen and oxygen atoms in total. The average Bonchev–Trinajstić information content (AvgIpc) is 3.08. The summed E-state index contributed by atoms with van der Waals surface area (Å²) in [6, 6.07) is 25.7. The van der Waals surface area contributed by atoms with Gasteiger partial charge in [-0.3, -0.25) is 13.9 Å². The van der Waals surface area contributed by atoms with Crippen molar-refractivity contribution in [3.63, 3.8) is 0 Å². The van der Waals surface area contributed by atoms with Crippen LogP contribution in [0.15, 0.2) is 102 Å². The van der Waals surface area contributed by atoms with Crippen molar-refractivity contribution in [2.45, 2.75) is 37.2 Å². The fourth-order valence-corrected chi connectivity index (χ4v) is 6.76. The highest BCUT2D eigenvalue weighted by Crippen LogP contribution is 2.33. The predicted octanol–water partition coefficient (Wildman–Crippen LogP) is 6.37. The van der Waals surface area contributed by atoms with E-state index in [2.05, 4.69) is 5.32 Å². The van der Waals surface area contributed by atoms with Gasteiger partial charge < -0.3 is 19.7 Å². The molecule has 0 radical (unpaired) electrons. The standard InChI is InChI=1S/C35H37Cl2N3O6S/c1-4-19-38-35(42)31(21-25-9-6-5-7-10-25)39(23-26-11-8-12-28(37)20-26)34(41)24-40(29-15-13-27(36)14-16-29)47(43,44)30-17-18-32(45-2)33(22-30)46-3/h5-18,20,22,31H,4,19,21,23-24H2,1-3H3,(H,38,42)/t31-/m1/s1. The van der Waals surface area contributed by atoms with E-state index in [-0.39, 0.29) is 35.2 Å². The molecule has 0 heterocycles. The molecule has 4 aromatic carbocycles. The third-order valence-corrected chi connectivity index (χ3v) is 9.66. The highest BCUT2D eigenvalue weighted by atomic mass is 35.5. The number of nitrogens with zero attached hydrogens (tertiary/aromatic N) is 2. The molecule has 0 spiro atoms. The van der Waals surface area contributed by atoms with Crippen molar-refractivity contribution in [1.82, 2.24) is 10.2 Å². The minimum Gasteiger partial charge on any atom is -0.493 e. The Morgan fingerprint density at radius 3 is 2.13 bits per heavy atom. The first-order valence-electron chi connectivity index (χ1n) is 14.9. The summed E-state index contributed by atoms with van der Waals surface area (Å²) in [6.45, 7) is 1.73. The molecule has 2 amide bonds. The van der Waals surface area contributed by atoms with Gasteiger partial charge in [-0.1, -0.05) is 72.6 Å². The highest BCUT2D eigenvalue weighted by Gasteiger charge is 2.35. The lowest BCUT2D eigenvalue weighted by Gasteiger charge is -2.34. The number of carbonyl (C=O) groups is 2. The van der Waals surface area contributed by atoms with Crippen LogP contribution in [0, 0.1) is 0 Å². The summed E-state index contributed by atoms with van der Waals surface area (Å²) in [5, 5.41) is 3.78. The molecule has 1 N–H and O–H groups in total. The maximum atomic E-state index is 14.5. The van der Waals surface area contributed by atoms with Crippen molar-refractivity contribution in [2.75, 3.05) is 31.6 Å². The van der Waals surface area contributed by atoms with Crippen molar-refractivity contribution < 1.29 is 27.5 Å². The van der Waals surface area contributed by atoms with Gasteiger partial charge in [0.05, 0.1) is 24.8 Å². The molecular formula is C35H37Cl2N3O6S. The van der Waals surface area contributed by atoms with E-state index in [9.17, 15) is 18.0 Å². The summed E-state index contributed by atoms with van der Waals surface area (Å²) in [5.41, 5.74) is 1.71. The Bertz CT molecular complexity index is 1770. The quantitative estimate of drug-likeness (QED) is 0.155. The maximum absolute atomic E-state index is 14.5. The van der Waals surface area contributed by atoms with Crippen LogP contribution in [0.4, 0.5) is 5.69 Å². The lowest BCUT2D eigenvalue weighted by Crippen LogP contribution is -2.53. The van der Waals surface area contributed by atoms with Gasteiger partial charge >= 0.3 is 0 Å². The third-order valence-electron chi connectivity index (χ3n) is 7.40. The number of anilines is 1. The van der Waals surface area contributed by atoms with E-state index < -0.39 is 28.5 Å². The fraction of sp³-hybridized carbons (Fsp3) is 0.257. The van der Waals surface area contributed by atoms with Crippen LogP contribution in [0.5, 0.6) is 11.5 Å². The second-order valence-corrected chi connectivity index (χ2v) is 13.4. The molecule has 0 aromatic heterocycles. The first kappa shape index (κ1) is 35.6. The Balaban J connectivity index is 1.82. The van der Waals surface area contributed by atoms with E-state index in [1.54, 1.807) is 36.4 Å². The van der Waals surface area contributed by atoms with Gasteiger partial charge in [-0.2, -0.15) is 0 Å². The van der Waals surface area contributed by atoms with Crippen LogP contribution in [0.2, 0.25) is 10.0 Å². The number of hydrogen-bond donors (Lipinski definition) is 1. The zero-order valence-corrected chi connectivity index (χ0v) is 28.7. The number of ether oxygens (including phenoxy) is 2. The van der Waals surface area contributed by atoms with Crippen LogP contribution in [-0.4, -0.2) is 58.5 Å². The number of amides is 2. The Morgan fingerprint density at radius 1 is 0.809 bits per heavy atom. The molecule has 1 atom stereocenters. The summed E-state index contributed by atoms with van der Waals surface area (Å²) < 4.78 is 40.3. The summed E-state index contributed by atoms with van der Waals surface area (Å²) in [4.78, 5) is 29.6.